The van der Waals surface area contributed by atoms with Crippen molar-refractivity contribution in [1.29, 1.82) is 0 Å². The molecule has 0 unspecified atom stereocenters. The molecule has 0 radical (unpaired) electrons. The van der Waals surface area contributed by atoms with Gasteiger partial charge in [-0.3, -0.25) is 45.3 Å². The molecule has 1 heterocycles. The molecule has 1 aliphatic heterocycles. The molecule has 0 bridgehead atoms. The molecule has 1 saturated heterocycles. The predicted molar refractivity (Wildman–Crippen MR) is 117 cm³/mol. The molecule has 4 amide bonds. The number of esters is 1. The van der Waals surface area contributed by atoms with Crippen LogP contribution in [0, 0.1) is 5.92 Å². The average molecular weight is 493 g/mol. The zero-order valence-corrected chi connectivity index (χ0v) is 18.5. The Morgan fingerprint density at radius 2 is 1.48 bits per heavy atom. The number of ether oxygens (including phenoxy) is 1. The summed E-state index contributed by atoms with van der Waals surface area (Å²) < 4.78 is 4.91. The zero-order chi connectivity index (χ0) is 24.0. The largest absolute Gasteiger partial charge is 0.455 e. The van der Waals surface area contributed by atoms with Gasteiger partial charge >= 0.3 is 5.97 Å². The smallest absolute Gasteiger partial charge is 0.311 e. The van der Waals surface area contributed by atoms with Crippen molar-refractivity contribution in [3.63, 3.8) is 0 Å². The molecule has 0 aromatic heterocycles. The Kier molecular flexibility index (Phi) is 7.86. The number of rotatable bonds is 6. The van der Waals surface area contributed by atoms with Gasteiger partial charge in [0.1, 0.15) is 0 Å². The van der Waals surface area contributed by atoms with Crippen LogP contribution >= 0.6 is 23.2 Å². The Bertz CT molecular complexity index is 1110. The van der Waals surface area contributed by atoms with Gasteiger partial charge in [0.25, 0.3) is 17.7 Å². The molecular formula is C21H18Cl2N4O6. The van der Waals surface area contributed by atoms with Crippen molar-refractivity contribution in [2.45, 2.75) is 6.42 Å². The molecule has 12 heteroatoms. The second kappa shape index (κ2) is 10.8. The summed E-state index contributed by atoms with van der Waals surface area (Å²) >= 11 is 11.9. The number of nitrogens with one attached hydrogen (secondary N) is 3. The molecule has 1 fully saturated rings. The zero-order valence-electron chi connectivity index (χ0n) is 17.0. The summed E-state index contributed by atoms with van der Waals surface area (Å²) in [5.74, 6) is -4.21. The first-order valence-corrected chi connectivity index (χ1v) is 10.4. The Balaban J connectivity index is 1.44. The van der Waals surface area contributed by atoms with Crippen LogP contribution in [0.2, 0.25) is 10.0 Å². The van der Waals surface area contributed by atoms with Crippen LogP contribution in [0.4, 0.5) is 0 Å². The molecule has 0 saturated carbocycles. The van der Waals surface area contributed by atoms with E-state index in [4.69, 9.17) is 27.9 Å². The van der Waals surface area contributed by atoms with E-state index < -0.39 is 42.1 Å². The van der Waals surface area contributed by atoms with E-state index in [9.17, 15) is 24.0 Å². The van der Waals surface area contributed by atoms with Crippen molar-refractivity contribution >= 4 is 52.8 Å². The van der Waals surface area contributed by atoms with Crippen molar-refractivity contribution in [3.05, 3.63) is 69.7 Å². The monoisotopic (exact) mass is 492 g/mol. The lowest BCUT2D eigenvalue weighted by Gasteiger charge is -2.18. The lowest BCUT2D eigenvalue weighted by molar-refractivity contribution is -0.152. The normalized spacial score (nSPS) is 15.0. The lowest BCUT2D eigenvalue weighted by Crippen LogP contribution is -2.44. The Morgan fingerprint density at radius 1 is 0.909 bits per heavy atom. The van der Waals surface area contributed by atoms with Gasteiger partial charge in [-0.2, -0.15) is 0 Å². The SMILES string of the molecule is O=C(COC(=O)[C@H]1CC(=O)N(NC(=O)c2ccccc2Cl)C1)NNC(=O)c1ccccc1Cl. The summed E-state index contributed by atoms with van der Waals surface area (Å²) in [6.45, 7) is -0.809. The van der Waals surface area contributed by atoms with Crippen LogP contribution in [-0.4, -0.2) is 47.8 Å². The fourth-order valence-electron chi connectivity index (χ4n) is 2.93. The predicted octanol–water partition coefficient (Wildman–Crippen LogP) is 1.49. The van der Waals surface area contributed by atoms with E-state index in [1.165, 1.54) is 24.3 Å². The van der Waals surface area contributed by atoms with Gasteiger partial charge < -0.3 is 4.74 Å². The number of benzene rings is 2. The first kappa shape index (κ1) is 24.0. The van der Waals surface area contributed by atoms with E-state index in [0.717, 1.165) is 5.01 Å². The molecule has 172 valence electrons. The summed E-state index contributed by atoms with van der Waals surface area (Å²) in [6, 6.07) is 12.5. The minimum Gasteiger partial charge on any atom is -0.455 e. The Morgan fingerprint density at radius 3 is 2.09 bits per heavy atom. The van der Waals surface area contributed by atoms with E-state index in [1.54, 1.807) is 24.3 Å². The average Bonchev–Trinajstić information content (AvgIpc) is 3.16. The van der Waals surface area contributed by atoms with E-state index >= 15 is 0 Å². The van der Waals surface area contributed by atoms with E-state index in [0.29, 0.717) is 0 Å². The summed E-state index contributed by atoms with van der Waals surface area (Å²) in [5.41, 5.74) is 6.98. The Hall–Kier alpha value is -3.63. The number of hydrazine groups is 2. The van der Waals surface area contributed by atoms with Crippen molar-refractivity contribution in [1.82, 2.24) is 21.3 Å². The van der Waals surface area contributed by atoms with Gasteiger partial charge in [0.05, 0.1) is 33.6 Å². The van der Waals surface area contributed by atoms with E-state index in [1.807, 2.05) is 0 Å². The maximum absolute atomic E-state index is 12.3. The first-order valence-electron chi connectivity index (χ1n) is 9.62. The summed E-state index contributed by atoms with van der Waals surface area (Å²) in [4.78, 5) is 60.6. The van der Waals surface area contributed by atoms with Crippen LogP contribution in [0.25, 0.3) is 0 Å². The number of hydrogen-bond acceptors (Lipinski definition) is 6. The lowest BCUT2D eigenvalue weighted by atomic mass is 10.1. The Labute approximate surface area is 198 Å². The van der Waals surface area contributed by atoms with Crippen LogP contribution in [-0.2, 0) is 19.1 Å². The van der Waals surface area contributed by atoms with Crippen LogP contribution in [0.5, 0.6) is 0 Å². The molecular weight excluding hydrogens is 475 g/mol. The maximum Gasteiger partial charge on any atom is 0.311 e. The minimum atomic E-state index is -0.880. The highest BCUT2D eigenvalue weighted by molar-refractivity contribution is 6.34. The first-order chi connectivity index (χ1) is 15.8. The van der Waals surface area contributed by atoms with Crippen LogP contribution in [0.1, 0.15) is 27.1 Å². The third-order valence-corrected chi connectivity index (χ3v) is 5.25. The van der Waals surface area contributed by atoms with Gasteiger partial charge in [-0.25, -0.2) is 0 Å². The molecule has 3 rings (SSSR count). The molecule has 2 aromatic carbocycles. The minimum absolute atomic E-state index is 0.126. The van der Waals surface area contributed by atoms with Gasteiger partial charge in [-0.1, -0.05) is 47.5 Å². The molecule has 1 aliphatic rings. The molecule has 33 heavy (non-hydrogen) atoms. The van der Waals surface area contributed by atoms with Gasteiger partial charge in [-0.15, -0.1) is 0 Å². The van der Waals surface area contributed by atoms with Crippen LogP contribution < -0.4 is 16.3 Å². The second-order valence-corrected chi connectivity index (χ2v) is 7.73. The number of nitrogens with zero attached hydrogens (tertiary/aromatic N) is 1. The van der Waals surface area contributed by atoms with Gasteiger partial charge in [0, 0.05) is 6.42 Å². The highest BCUT2D eigenvalue weighted by Gasteiger charge is 2.37. The molecule has 0 aliphatic carbocycles. The number of hydrogen-bond donors (Lipinski definition) is 3. The fourth-order valence-corrected chi connectivity index (χ4v) is 3.37. The molecule has 2 aromatic rings. The highest BCUT2D eigenvalue weighted by Crippen LogP contribution is 2.19. The molecule has 10 nitrogen and oxygen atoms in total. The number of carbonyl (C=O) groups is 5. The van der Waals surface area contributed by atoms with E-state index in [-0.39, 0.29) is 34.1 Å². The number of halogens is 2. The van der Waals surface area contributed by atoms with Crippen molar-refractivity contribution in [3.8, 4) is 0 Å². The summed E-state index contributed by atoms with van der Waals surface area (Å²) in [7, 11) is 0. The topological polar surface area (TPSA) is 134 Å². The van der Waals surface area contributed by atoms with Crippen LogP contribution in [0.15, 0.2) is 48.5 Å². The third kappa shape index (κ3) is 6.21. The standard InChI is InChI=1S/C21H18Cl2N4O6/c22-15-7-3-1-5-13(15)19(30)25-24-17(28)11-33-21(32)12-9-18(29)27(10-12)26-20(31)14-6-2-4-8-16(14)23/h1-8,12H,9-11H2,(H,24,28)(H,25,30)(H,26,31)/t12-/m0/s1. The van der Waals surface area contributed by atoms with Gasteiger partial charge in [0.15, 0.2) is 6.61 Å². The van der Waals surface area contributed by atoms with Crippen molar-refractivity contribution < 1.29 is 28.7 Å². The van der Waals surface area contributed by atoms with E-state index in [2.05, 4.69) is 16.3 Å². The summed E-state index contributed by atoms with van der Waals surface area (Å²) in [6.07, 6.45) is -0.202. The second-order valence-electron chi connectivity index (χ2n) is 6.92. The summed E-state index contributed by atoms with van der Waals surface area (Å²) in [5, 5.41) is 1.42. The van der Waals surface area contributed by atoms with Crippen molar-refractivity contribution in [2.75, 3.05) is 13.2 Å². The quantitative estimate of drug-likeness (QED) is 0.413. The highest BCUT2D eigenvalue weighted by atomic mass is 35.5. The van der Waals surface area contributed by atoms with Gasteiger partial charge in [-0.05, 0) is 24.3 Å². The third-order valence-electron chi connectivity index (χ3n) is 4.59. The molecule has 1 atom stereocenters. The van der Waals surface area contributed by atoms with Crippen LogP contribution in [0.3, 0.4) is 0 Å². The maximum atomic E-state index is 12.3. The van der Waals surface area contributed by atoms with Gasteiger partial charge in [0.2, 0.25) is 5.91 Å². The number of carbonyl (C=O) groups excluding carboxylic acids is 5. The fraction of sp³-hybridized carbons (Fsp3) is 0.190. The number of amides is 4. The van der Waals surface area contributed by atoms with Crippen molar-refractivity contribution in [2.24, 2.45) is 5.92 Å². The molecule has 0 spiro atoms. The molecule has 3 N–H and O–H groups in total.